The lowest BCUT2D eigenvalue weighted by molar-refractivity contribution is 0.0197. The molecule has 2 aromatic rings. The number of likely N-dealkylation sites (tertiary alicyclic amines) is 1. The van der Waals surface area contributed by atoms with Crippen LogP contribution in [0.1, 0.15) is 30.4 Å². The minimum Gasteiger partial charge on any atom is -0.376 e. The Morgan fingerprint density at radius 3 is 2.91 bits per heavy atom. The zero-order chi connectivity index (χ0) is 15.6. The van der Waals surface area contributed by atoms with E-state index in [4.69, 9.17) is 4.74 Å². The number of hydrogen-bond acceptors (Lipinski definition) is 4. The Hall–Kier alpha value is -1.17. The zero-order valence-electron chi connectivity index (χ0n) is 13.7. The highest BCUT2D eigenvalue weighted by molar-refractivity contribution is 7.07. The molecule has 5 heteroatoms. The first-order valence-electron chi connectivity index (χ1n) is 8.62. The van der Waals surface area contributed by atoms with Crippen LogP contribution in [-0.2, 0) is 24.8 Å². The molecule has 1 saturated carbocycles. The van der Waals surface area contributed by atoms with Crippen molar-refractivity contribution < 1.29 is 4.74 Å². The SMILES string of the molecule is Cn1cc(C[C@@H]2[C@H](OCC3CC3)CCN2Cc2ccsc2)cn1. The van der Waals surface area contributed by atoms with Crippen LogP contribution in [0.2, 0.25) is 0 Å². The molecule has 0 bridgehead atoms. The van der Waals surface area contributed by atoms with Crippen molar-refractivity contribution in [1.29, 1.82) is 0 Å². The van der Waals surface area contributed by atoms with Gasteiger partial charge in [0, 0.05) is 39.0 Å². The van der Waals surface area contributed by atoms with Crippen LogP contribution in [0.25, 0.3) is 0 Å². The molecule has 0 unspecified atom stereocenters. The maximum atomic E-state index is 6.30. The number of rotatable bonds is 7. The summed E-state index contributed by atoms with van der Waals surface area (Å²) in [6.07, 6.45) is 9.42. The highest BCUT2D eigenvalue weighted by atomic mass is 32.1. The third-order valence-electron chi connectivity index (χ3n) is 5.01. The summed E-state index contributed by atoms with van der Waals surface area (Å²) in [4.78, 5) is 2.60. The van der Waals surface area contributed by atoms with E-state index in [1.807, 2.05) is 17.9 Å². The normalized spacial score (nSPS) is 25.3. The van der Waals surface area contributed by atoms with E-state index in [1.54, 1.807) is 11.3 Å². The van der Waals surface area contributed by atoms with E-state index < -0.39 is 0 Å². The second kappa shape index (κ2) is 6.75. The van der Waals surface area contributed by atoms with Gasteiger partial charge in [-0.3, -0.25) is 9.58 Å². The van der Waals surface area contributed by atoms with Crippen molar-refractivity contribution in [3.05, 3.63) is 40.3 Å². The van der Waals surface area contributed by atoms with Gasteiger partial charge in [-0.05, 0) is 59.6 Å². The Bertz CT molecular complexity index is 620. The third kappa shape index (κ3) is 3.84. The largest absolute Gasteiger partial charge is 0.376 e. The van der Waals surface area contributed by atoms with Crippen LogP contribution < -0.4 is 0 Å². The number of ether oxygens (including phenoxy) is 1. The molecule has 0 N–H and O–H groups in total. The zero-order valence-corrected chi connectivity index (χ0v) is 14.5. The summed E-state index contributed by atoms with van der Waals surface area (Å²) >= 11 is 1.78. The molecule has 0 radical (unpaired) electrons. The van der Waals surface area contributed by atoms with E-state index >= 15 is 0 Å². The van der Waals surface area contributed by atoms with Gasteiger partial charge in [0.05, 0.1) is 12.3 Å². The van der Waals surface area contributed by atoms with Crippen LogP contribution in [0, 0.1) is 5.92 Å². The molecule has 23 heavy (non-hydrogen) atoms. The van der Waals surface area contributed by atoms with Gasteiger partial charge in [-0.2, -0.15) is 16.4 Å². The molecule has 4 nitrogen and oxygen atoms in total. The van der Waals surface area contributed by atoms with Crippen LogP contribution in [0.5, 0.6) is 0 Å². The molecule has 0 spiro atoms. The number of aryl methyl sites for hydroxylation is 1. The average Bonchev–Trinajstić information content (AvgIpc) is 2.92. The summed E-state index contributed by atoms with van der Waals surface area (Å²) in [5.74, 6) is 0.833. The molecule has 3 heterocycles. The van der Waals surface area contributed by atoms with Gasteiger partial charge in [0.15, 0.2) is 0 Å². The predicted octanol–water partition coefficient (Wildman–Crippen LogP) is 3.09. The van der Waals surface area contributed by atoms with Crippen molar-refractivity contribution in [1.82, 2.24) is 14.7 Å². The van der Waals surface area contributed by atoms with Gasteiger partial charge in [0.25, 0.3) is 0 Å². The number of aromatic nitrogens is 2. The van der Waals surface area contributed by atoms with Gasteiger partial charge in [-0.1, -0.05) is 0 Å². The fraction of sp³-hybridized carbons (Fsp3) is 0.611. The Balaban J connectivity index is 1.45. The van der Waals surface area contributed by atoms with Gasteiger partial charge in [0.2, 0.25) is 0 Å². The van der Waals surface area contributed by atoms with E-state index in [2.05, 4.69) is 33.0 Å². The number of thiophene rings is 1. The van der Waals surface area contributed by atoms with Crippen molar-refractivity contribution >= 4 is 11.3 Å². The van der Waals surface area contributed by atoms with Crippen LogP contribution in [0.3, 0.4) is 0 Å². The molecule has 2 aromatic heterocycles. The lowest BCUT2D eigenvalue weighted by atomic mass is 10.0. The summed E-state index contributed by atoms with van der Waals surface area (Å²) < 4.78 is 8.20. The monoisotopic (exact) mass is 331 g/mol. The second-order valence-electron chi connectivity index (χ2n) is 7.00. The fourth-order valence-corrected chi connectivity index (χ4v) is 4.18. The molecular formula is C18H25N3OS. The smallest absolute Gasteiger partial charge is 0.0745 e. The first-order chi connectivity index (χ1) is 11.3. The summed E-state index contributed by atoms with van der Waals surface area (Å²) in [7, 11) is 1.99. The molecule has 1 saturated heterocycles. The molecule has 0 aromatic carbocycles. The standard InChI is InChI=1S/C18H25N3OS/c1-20-10-16(9-19-20)8-17-18(22-12-14-2-3-14)4-6-21(17)11-15-5-7-23-13-15/h5,7,9-10,13-14,17-18H,2-4,6,8,11-12H2,1H3/t17-,18-/m1/s1. The minimum absolute atomic E-state index is 0.370. The quantitative estimate of drug-likeness (QED) is 0.781. The number of nitrogens with zero attached hydrogens (tertiary/aromatic N) is 3. The first kappa shape index (κ1) is 15.4. The Morgan fingerprint density at radius 2 is 2.22 bits per heavy atom. The van der Waals surface area contributed by atoms with Gasteiger partial charge in [-0.15, -0.1) is 0 Å². The molecule has 2 aliphatic rings. The van der Waals surface area contributed by atoms with Crippen molar-refractivity contribution in [2.75, 3.05) is 13.2 Å². The highest BCUT2D eigenvalue weighted by Gasteiger charge is 2.36. The van der Waals surface area contributed by atoms with Gasteiger partial charge in [0.1, 0.15) is 0 Å². The van der Waals surface area contributed by atoms with E-state index in [9.17, 15) is 0 Å². The Morgan fingerprint density at radius 1 is 1.30 bits per heavy atom. The molecule has 0 amide bonds. The molecule has 1 aliphatic carbocycles. The van der Waals surface area contributed by atoms with Crippen molar-refractivity contribution in [2.45, 2.75) is 44.4 Å². The summed E-state index contributed by atoms with van der Waals surface area (Å²) in [5.41, 5.74) is 2.74. The topological polar surface area (TPSA) is 30.3 Å². The Kier molecular flexibility index (Phi) is 4.51. The molecular weight excluding hydrogens is 306 g/mol. The van der Waals surface area contributed by atoms with E-state index in [-0.39, 0.29) is 0 Å². The lowest BCUT2D eigenvalue weighted by Gasteiger charge is -2.28. The van der Waals surface area contributed by atoms with Crippen LogP contribution in [-0.4, -0.2) is 40.0 Å². The molecule has 1 aliphatic heterocycles. The summed E-state index contributed by atoms with van der Waals surface area (Å²) in [5, 5.41) is 8.76. The molecule has 2 fully saturated rings. The predicted molar refractivity (Wildman–Crippen MR) is 92.5 cm³/mol. The molecule has 124 valence electrons. The maximum absolute atomic E-state index is 6.30. The average molecular weight is 331 g/mol. The van der Waals surface area contributed by atoms with Crippen molar-refractivity contribution in [3.8, 4) is 0 Å². The molecule has 4 rings (SSSR count). The van der Waals surface area contributed by atoms with E-state index in [0.29, 0.717) is 12.1 Å². The minimum atomic E-state index is 0.370. The van der Waals surface area contributed by atoms with Crippen molar-refractivity contribution in [2.24, 2.45) is 13.0 Å². The van der Waals surface area contributed by atoms with Crippen LogP contribution in [0.4, 0.5) is 0 Å². The maximum Gasteiger partial charge on any atom is 0.0745 e. The van der Waals surface area contributed by atoms with Crippen LogP contribution >= 0.6 is 11.3 Å². The van der Waals surface area contributed by atoms with Gasteiger partial charge in [-0.25, -0.2) is 0 Å². The second-order valence-corrected chi connectivity index (χ2v) is 7.78. The van der Waals surface area contributed by atoms with E-state index in [0.717, 1.165) is 38.5 Å². The molecule has 2 atom stereocenters. The summed E-state index contributed by atoms with van der Waals surface area (Å²) in [6, 6.07) is 2.71. The van der Waals surface area contributed by atoms with Gasteiger partial charge >= 0.3 is 0 Å². The first-order valence-corrected chi connectivity index (χ1v) is 9.56. The van der Waals surface area contributed by atoms with E-state index in [1.165, 1.54) is 24.0 Å². The third-order valence-corrected chi connectivity index (χ3v) is 5.74. The Labute approximate surface area is 142 Å². The fourth-order valence-electron chi connectivity index (χ4n) is 3.52. The highest BCUT2D eigenvalue weighted by Crippen LogP contribution is 2.32. The number of hydrogen-bond donors (Lipinski definition) is 0. The van der Waals surface area contributed by atoms with Crippen molar-refractivity contribution in [3.63, 3.8) is 0 Å². The van der Waals surface area contributed by atoms with Crippen LogP contribution in [0.15, 0.2) is 29.2 Å². The van der Waals surface area contributed by atoms with Gasteiger partial charge < -0.3 is 4.74 Å². The lowest BCUT2D eigenvalue weighted by Crippen LogP contribution is -2.38. The summed E-state index contributed by atoms with van der Waals surface area (Å²) in [6.45, 7) is 3.13.